The van der Waals surface area contributed by atoms with Gasteiger partial charge in [0.2, 0.25) is 5.91 Å². The second-order valence-electron chi connectivity index (χ2n) is 8.20. The highest BCUT2D eigenvalue weighted by molar-refractivity contribution is 7.91. The summed E-state index contributed by atoms with van der Waals surface area (Å²) in [7, 11) is -3.01. The Labute approximate surface area is 157 Å². The normalized spacial score (nSPS) is 19.6. The van der Waals surface area contributed by atoms with Crippen molar-refractivity contribution >= 4 is 21.6 Å². The third-order valence-corrected chi connectivity index (χ3v) is 6.04. The summed E-state index contributed by atoms with van der Waals surface area (Å²) in [5, 5.41) is 7.35. The van der Waals surface area contributed by atoms with Crippen molar-refractivity contribution in [2.75, 3.05) is 36.5 Å². The average molecular weight is 385 g/mol. The molecule has 0 saturated carbocycles. The van der Waals surface area contributed by atoms with E-state index in [9.17, 15) is 13.2 Å². The molecule has 8 heteroatoms. The van der Waals surface area contributed by atoms with E-state index in [-0.39, 0.29) is 23.5 Å². The molecular formula is C18H32N4O3S. The minimum Gasteiger partial charge on any atom is -0.310 e. The number of carbonyl (C=O) groups excluding carboxylic acids is 1. The second kappa shape index (κ2) is 8.52. The number of rotatable bonds is 8. The molecule has 0 aliphatic carbocycles. The molecule has 2 heterocycles. The topological polar surface area (TPSA) is 84.3 Å². The van der Waals surface area contributed by atoms with Crippen molar-refractivity contribution in [3.63, 3.8) is 0 Å². The standard InChI is InChI=1S/C18H32N4O3S/c1-13(2)9-21(10-14(3)4)11-18(23)19-17-8-15(5)20-22(17)16-6-7-26(24,25)12-16/h8,13-14,16H,6-7,9-12H2,1-5H3,(H,19,23)/t16-/m0/s1. The first-order valence-corrected chi connectivity index (χ1v) is 11.2. The molecule has 1 saturated heterocycles. The molecule has 1 aromatic rings. The zero-order chi connectivity index (χ0) is 19.5. The lowest BCUT2D eigenvalue weighted by atomic mass is 10.1. The lowest BCUT2D eigenvalue weighted by Gasteiger charge is -2.25. The first kappa shape index (κ1) is 20.9. The van der Waals surface area contributed by atoms with E-state index in [0.29, 0.717) is 30.6 Å². The number of nitrogens with zero attached hydrogens (tertiary/aromatic N) is 3. The fourth-order valence-corrected chi connectivity index (χ4v) is 5.17. The maximum Gasteiger partial charge on any atom is 0.239 e. The van der Waals surface area contributed by atoms with E-state index in [2.05, 4.69) is 43.0 Å². The van der Waals surface area contributed by atoms with Crippen LogP contribution in [0.3, 0.4) is 0 Å². The summed E-state index contributed by atoms with van der Waals surface area (Å²) >= 11 is 0. The molecule has 1 aliphatic heterocycles. The molecule has 26 heavy (non-hydrogen) atoms. The van der Waals surface area contributed by atoms with Crippen LogP contribution in [0.4, 0.5) is 5.82 Å². The van der Waals surface area contributed by atoms with Crippen molar-refractivity contribution in [3.05, 3.63) is 11.8 Å². The van der Waals surface area contributed by atoms with Crippen LogP contribution < -0.4 is 5.32 Å². The molecule has 0 aromatic carbocycles. The van der Waals surface area contributed by atoms with Crippen molar-refractivity contribution in [2.45, 2.75) is 47.1 Å². The van der Waals surface area contributed by atoms with E-state index in [1.807, 2.05) is 6.92 Å². The fourth-order valence-electron chi connectivity index (χ4n) is 3.48. The van der Waals surface area contributed by atoms with Gasteiger partial charge in [0, 0.05) is 19.2 Å². The monoisotopic (exact) mass is 384 g/mol. The Morgan fingerprint density at radius 1 is 1.31 bits per heavy atom. The number of hydrogen-bond donors (Lipinski definition) is 1. The first-order valence-electron chi connectivity index (χ1n) is 9.34. The molecule has 0 bridgehead atoms. The number of nitrogens with one attached hydrogen (secondary N) is 1. The molecule has 1 amide bonds. The summed E-state index contributed by atoms with van der Waals surface area (Å²) in [5.74, 6) is 1.73. The van der Waals surface area contributed by atoms with Crippen LogP contribution in [-0.4, -0.2) is 60.1 Å². The van der Waals surface area contributed by atoms with Crippen molar-refractivity contribution in [1.29, 1.82) is 0 Å². The lowest BCUT2D eigenvalue weighted by Crippen LogP contribution is -2.38. The summed E-state index contributed by atoms with van der Waals surface area (Å²) in [6.45, 7) is 12.5. The van der Waals surface area contributed by atoms with Crippen LogP contribution in [0.1, 0.15) is 45.9 Å². The van der Waals surface area contributed by atoms with Crippen LogP contribution in [0.25, 0.3) is 0 Å². The van der Waals surface area contributed by atoms with Gasteiger partial charge in [-0.2, -0.15) is 5.10 Å². The molecule has 148 valence electrons. The Kier molecular flexibility index (Phi) is 6.85. The van der Waals surface area contributed by atoms with E-state index in [0.717, 1.165) is 18.8 Å². The van der Waals surface area contributed by atoms with E-state index in [1.54, 1.807) is 10.7 Å². The van der Waals surface area contributed by atoms with Gasteiger partial charge in [0.25, 0.3) is 0 Å². The first-order chi connectivity index (χ1) is 12.1. The van der Waals surface area contributed by atoms with E-state index in [4.69, 9.17) is 0 Å². The van der Waals surface area contributed by atoms with Gasteiger partial charge < -0.3 is 5.32 Å². The average Bonchev–Trinajstić information content (AvgIpc) is 2.99. The van der Waals surface area contributed by atoms with Gasteiger partial charge in [-0.15, -0.1) is 0 Å². The predicted octanol–water partition coefficient (Wildman–Crippen LogP) is 2.10. The molecule has 7 nitrogen and oxygen atoms in total. The van der Waals surface area contributed by atoms with E-state index >= 15 is 0 Å². The van der Waals surface area contributed by atoms with Crippen molar-refractivity contribution in [1.82, 2.24) is 14.7 Å². The van der Waals surface area contributed by atoms with E-state index in [1.165, 1.54) is 0 Å². The molecule has 0 radical (unpaired) electrons. The van der Waals surface area contributed by atoms with Crippen LogP contribution in [0.15, 0.2) is 6.07 Å². The Bertz CT molecular complexity index is 715. The molecular weight excluding hydrogens is 352 g/mol. The molecule has 2 rings (SSSR count). The fraction of sp³-hybridized carbons (Fsp3) is 0.778. The number of hydrogen-bond acceptors (Lipinski definition) is 5. The van der Waals surface area contributed by atoms with Crippen molar-refractivity contribution in [2.24, 2.45) is 11.8 Å². The highest BCUT2D eigenvalue weighted by atomic mass is 32.2. The zero-order valence-electron chi connectivity index (χ0n) is 16.5. The smallest absolute Gasteiger partial charge is 0.239 e. The van der Waals surface area contributed by atoms with E-state index < -0.39 is 9.84 Å². The van der Waals surface area contributed by atoms with Gasteiger partial charge >= 0.3 is 0 Å². The van der Waals surface area contributed by atoms with Crippen molar-refractivity contribution < 1.29 is 13.2 Å². The summed E-state index contributed by atoms with van der Waals surface area (Å²) in [6.07, 6.45) is 0.541. The molecule has 0 spiro atoms. The summed E-state index contributed by atoms with van der Waals surface area (Å²) in [6, 6.07) is 1.60. The van der Waals surface area contributed by atoms with Gasteiger partial charge in [0.1, 0.15) is 5.82 Å². The summed E-state index contributed by atoms with van der Waals surface area (Å²) in [4.78, 5) is 14.7. The summed E-state index contributed by atoms with van der Waals surface area (Å²) < 4.78 is 25.2. The van der Waals surface area contributed by atoms with Crippen LogP contribution in [-0.2, 0) is 14.6 Å². The predicted molar refractivity (Wildman–Crippen MR) is 104 cm³/mol. The lowest BCUT2D eigenvalue weighted by molar-refractivity contribution is -0.117. The minimum atomic E-state index is -3.01. The summed E-state index contributed by atoms with van der Waals surface area (Å²) in [5.41, 5.74) is 0.769. The molecule has 1 aliphatic rings. The number of anilines is 1. The van der Waals surface area contributed by atoms with Crippen LogP contribution >= 0.6 is 0 Å². The molecule has 1 atom stereocenters. The molecule has 0 unspecified atom stereocenters. The van der Waals surface area contributed by atoms with Gasteiger partial charge in [-0.05, 0) is 25.2 Å². The number of carbonyl (C=O) groups is 1. The molecule has 1 N–H and O–H groups in total. The molecule has 1 fully saturated rings. The second-order valence-corrected chi connectivity index (χ2v) is 10.4. The van der Waals surface area contributed by atoms with Crippen molar-refractivity contribution in [3.8, 4) is 0 Å². The van der Waals surface area contributed by atoms with Gasteiger partial charge in [-0.3, -0.25) is 9.69 Å². The number of aromatic nitrogens is 2. The van der Waals surface area contributed by atoms with Gasteiger partial charge in [0.15, 0.2) is 9.84 Å². The van der Waals surface area contributed by atoms with Crippen LogP contribution in [0.5, 0.6) is 0 Å². The Balaban J connectivity index is 2.06. The Morgan fingerprint density at radius 3 is 2.42 bits per heavy atom. The largest absolute Gasteiger partial charge is 0.310 e. The Morgan fingerprint density at radius 2 is 1.92 bits per heavy atom. The third kappa shape index (κ3) is 6.09. The van der Waals surface area contributed by atoms with Gasteiger partial charge in [-0.25, -0.2) is 13.1 Å². The Hall–Kier alpha value is -1.41. The highest BCUT2D eigenvalue weighted by Crippen LogP contribution is 2.27. The number of sulfone groups is 1. The van der Waals surface area contributed by atoms with Crippen LogP contribution in [0, 0.1) is 18.8 Å². The zero-order valence-corrected chi connectivity index (χ0v) is 17.3. The highest BCUT2D eigenvalue weighted by Gasteiger charge is 2.31. The van der Waals surface area contributed by atoms with Gasteiger partial charge in [-0.1, -0.05) is 27.7 Å². The third-order valence-electron chi connectivity index (χ3n) is 4.29. The quantitative estimate of drug-likeness (QED) is 0.742. The number of aryl methyl sites for hydroxylation is 1. The van der Waals surface area contributed by atoms with Crippen LogP contribution in [0.2, 0.25) is 0 Å². The maximum atomic E-state index is 12.6. The molecule has 1 aromatic heterocycles. The number of amides is 1. The minimum absolute atomic E-state index is 0.0871. The SMILES string of the molecule is Cc1cc(NC(=O)CN(CC(C)C)CC(C)C)n([C@H]2CCS(=O)(=O)C2)n1. The maximum absolute atomic E-state index is 12.6. The van der Waals surface area contributed by atoms with Gasteiger partial charge in [0.05, 0.1) is 29.8 Å².